The van der Waals surface area contributed by atoms with Gasteiger partial charge >= 0.3 is 0 Å². The molecule has 0 heterocycles. The summed E-state index contributed by atoms with van der Waals surface area (Å²) in [5, 5.41) is 2.94. The molecule has 1 fully saturated rings. The first-order valence-electron chi connectivity index (χ1n) is 9.05. The summed E-state index contributed by atoms with van der Waals surface area (Å²) in [6, 6.07) is 12.8. The molecular formula is C20H24N2O4S. The zero-order chi connectivity index (χ0) is 19.4. The standard InChI is InChI=1S/C20H24N2O4S/c1-3-26-18-11-9-17(10-12-18)22-27(24,25)19-6-4-5-16(13-19)20(23)21-14(2)15-7-8-15/h4-6,9-15,22H,3,7-8H2,1-2H3,(H,21,23). The Hall–Kier alpha value is -2.54. The summed E-state index contributed by atoms with van der Waals surface area (Å²) in [7, 11) is -3.80. The normalized spacial score (nSPS) is 15.0. The van der Waals surface area contributed by atoms with Crippen LogP contribution < -0.4 is 14.8 Å². The van der Waals surface area contributed by atoms with Gasteiger partial charge in [-0.05, 0) is 75.1 Å². The fraction of sp³-hybridized carbons (Fsp3) is 0.350. The monoisotopic (exact) mass is 388 g/mol. The number of hydrogen-bond acceptors (Lipinski definition) is 4. The molecule has 2 aromatic carbocycles. The van der Waals surface area contributed by atoms with Crippen molar-refractivity contribution < 1.29 is 17.9 Å². The first-order chi connectivity index (χ1) is 12.9. The number of sulfonamides is 1. The van der Waals surface area contributed by atoms with E-state index in [2.05, 4.69) is 10.0 Å². The topological polar surface area (TPSA) is 84.5 Å². The van der Waals surface area contributed by atoms with E-state index in [4.69, 9.17) is 4.74 Å². The second-order valence-electron chi connectivity index (χ2n) is 6.69. The summed E-state index contributed by atoms with van der Waals surface area (Å²) in [6.45, 7) is 4.40. The fourth-order valence-electron chi connectivity index (χ4n) is 2.81. The number of hydrogen-bond donors (Lipinski definition) is 2. The molecule has 0 spiro atoms. The van der Waals surface area contributed by atoms with E-state index in [0.29, 0.717) is 29.5 Å². The third kappa shape index (κ3) is 5.01. The SMILES string of the molecule is CCOc1ccc(NS(=O)(=O)c2cccc(C(=O)NC(C)C3CC3)c2)cc1. The van der Waals surface area contributed by atoms with E-state index in [-0.39, 0.29) is 16.8 Å². The Balaban J connectivity index is 1.73. The summed E-state index contributed by atoms with van der Waals surface area (Å²) >= 11 is 0. The van der Waals surface area contributed by atoms with Crippen LogP contribution in [0.4, 0.5) is 5.69 Å². The minimum Gasteiger partial charge on any atom is -0.494 e. The first kappa shape index (κ1) is 19.2. The number of carbonyl (C=O) groups excluding carboxylic acids is 1. The zero-order valence-electron chi connectivity index (χ0n) is 15.4. The molecule has 6 nitrogen and oxygen atoms in total. The van der Waals surface area contributed by atoms with Gasteiger partial charge in [-0.15, -0.1) is 0 Å². The number of benzene rings is 2. The van der Waals surface area contributed by atoms with Gasteiger partial charge < -0.3 is 10.1 Å². The minimum atomic E-state index is -3.80. The van der Waals surface area contributed by atoms with Gasteiger partial charge in [0.2, 0.25) is 0 Å². The van der Waals surface area contributed by atoms with Gasteiger partial charge in [0.05, 0.1) is 11.5 Å². The van der Waals surface area contributed by atoms with Crippen molar-refractivity contribution in [3.63, 3.8) is 0 Å². The summed E-state index contributed by atoms with van der Waals surface area (Å²) in [4.78, 5) is 12.4. The summed E-state index contributed by atoms with van der Waals surface area (Å²) in [6.07, 6.45) is 2.25. The molecule has 2 N–H and O–H groups in total. The second-order valence-corrected chi connectivity index (χ2v) is 8.37. The van der Waals surface area contributed by atoms with E-state index in [1.165, 1.54) is 12.1 Å². The lowest BCUT2D eigenvalue weighted by Crippen LogP contribution is -2.34. The minimum absolute atomic E-state index is 0.0445. The van der Waals surface area contributed by atoms with E-state index < -0.39 is 10.0 Å². The number of amides is 1. The highest BCUT2D eigenvalue weighted by Gasteiger charge is 2.29. The lowest BCUT2D eigenvalue weighted by molar-refractivity contribution is 0.0935. The van der Waals surface area contributed by atoms with Crippen molar-refractivity contribution in [2.24, 2.45) is 5.92 Å². The Morgan fingerprint density at radius 2 is 1.89 bits per heavy atom. The number of ether oxygens (including phenoxy) is 1. The molecule has 0 aromatic heterocycles. The molecule has 3 rings (SSSR count). The maximum absolute atomic E-state index is 12.7. The molecule has 27 heavy (non-hydrogen) atoms. The predicted molar refractivity (Wildman–Crippen MR) is 105 cm³/mol. The Morgan fingerprint density at radius 1 is 1.19 bits per heavy atom. The van der Waals surface area contributed by atoms with E-state index in [0.717, 1.165) is 12.8 Å². The van der Waals surface area contributed by atoms with Gasteiger partial charge in [0, 0.05) is 17.3 Å². The van der Waals surface area contributed by atoms with Crippen LogP contribution in [-0.2, 0) is 10.0 Å². The summed E-state index contributed by atoms with van der Waals surface area (Å²) < 4.78 is 33.2. The molecule has 0 aliphatic heterocycles. The van der Waals surface area contributed by atoms with Crippen LogP contribution in [0.25, 0.3) is 0 Å². The zero-order valence-corrected chi connectivity index (χ0v) is 16.3. The number of anilines is 1. The molecule has 1 saturated carbocycles. The molecule has 2 aromatic rings. The van der Waals surface area contributed by atoms with E-state index in [1.54, 1.807) is 36.4 Å². The molecule has 0 saturated heterocycles. The van der Waals surface area contributed by atoms with Gasteiger partial charge in [0.25, 0.3) is 15.9 Å². The Kier molecular flexibility index (Phi) is 5.70. The van der Waals surface area contributed by atoms with Gasteiger partial charge in [-0.3, -0.25) is 9.52 Å². The molecular weight excluding hydrogens is 364 g/mol. The molecule has 1 atom stereocenters. The maximum Gasteiger partial charge on any atom is 0.261 e. The van der Waals surface area contributed by atoms with Gasteiger partial charge in [-0.2, -0.15) is 0 Å². The molecule has 1 amide bonds. The lowest BCUT2D eigenvalue weighted by atomic mass is 10.1. The average molecular weight is 388 g/mol. The van der Waals surface area contributed by atoms with E-state index in [1.807, 2.05) is 13.8 Å². The van der Waals surface area contributed by atoms with Crippen molar-refractivity contribution >= 4 is 21.6 Å². The van der Waals surface area contributed by atoms with Crippen LogP contribution in [-0.4, -0.2) is 27.0 Å². The van der Waals surface area contributed by atoms with Crippen molar-refractivity contribution in [2.75, 3.05) is 11.3 Å². The molecule has 1 aliphatic carbocycles. The highest BCUT2D eigenvalue weighted by Crippen LogP contribution is 2.32. The Morgan fingerprint density at radius 3 is 2.52 bits per heavy atom. The van der Waals surface area contributed by atoms with Crippen LogP contribution >= 0.6 is 0 Å². The molecule has 1 unspecified atom stereocenters. The quantitative estimate of drug-likeness (QED) is 0.726. The number of nitrogens with one attached hydrogen (secondary N) is 2. The van der Waals surface area contributed by atoms with Crippen molar-refractivity contribution in [3.8, 4) is 5.75 Å². The summed E-state index contributed by atoms with van der Waals surface area (Å²) in [5.74, 6) is 0.943. The van der Waals surface area contributed by atoms with Gasteiger partial charge in [0.15, 0.2) is 0 Å². The van der Waals surface area contributed by atoms with Crippen LogP contribution in [0.5, 0.6) is 5.75 Å². The predicted octanol–water partition coefficient (Wildman–Crippen LogP) is 3.41. The number of rotatable bonds is 8. The largest absolute Gasteiger partial charge is 0.494 e. The van der Waals surface area contributed by atoms with Gasteiger partial charge in [-0.25, -0.2) is 8.42 Å². The van der Waals surface area contributed by atoms with Crippen molar-refractivity contribution in [3.05, 3.63) is 54.1 Å². The van der Waals surface area contributed by atoms with Crippen LogP contribution in [0.15, 0.2) is 53.4 Å². The van der Waals surface area contributed by atoms with Crippen LogP contribution in [0.2, 0.25) is 0 Å². The smallest absolute Gasteiger partial charge is 0.261 e. The molecule has 1 aliphatic rings. The third-order valence-electron chi connectivity index (χ3n) is 4.51. The number of carbonyl (C=O) groups is 1. The Bertz CT molecular complexity index is 906. The first-order valence-corrected chi connectivity index (χ1v) is 10.5. The summed E-state index contributed by atoms with van der Waals surface area (Å²) in [5.41, 5.74) is 0.757. The van der Waals surface area contributed by atoms with Crippen LogP contribution in [0, 0.1) is 5.92 Å². The second kappa shape index (κ2) is 8.00. The van der Waals surface area contributed by atoms with Crippen molar-refractivity contribution in [2.45, 2.75) is 37.6 Å². The van der Waals surface area contributed by atoms with Crippen molar-refractivity contribution in [1.29, 1.82) is 0 Å². The highest BCUT2D eigenvalue weighted by atomic mass is 32.2. The molecule has 144 valence electrons. The average Bonchev–Trinajstić information content (AvgIpc) is 3.49. The highest BCUT2D eigenvalue weighted by molar-refractivity contribution is 7.92. The Labute approximate surface area is 160 Å². The third-order valence-corrected chi connectivity index (χ3v) is 5.89. The van der Waals surface area contributed by atoms with E-state index >= 15 is 0 Å². The molecule has 0 bridgehead atoms. The van der Waals surface area contributed by atoms with Crippen LogP contribution in [0.3, 0.4) is 0 Å². The fourth-order valence-corrected chi connectivity index (χ4v) is 3.91. The van der Waals surface area contributed by atoms with Gasteiger partial charge in [-0.1, -0.05) is 6.07 Å². The maximum atomic E-state index is 12.7. The van der Waals surface area contributed by atoms with E-state index in [9.17, 15) is 13.2 Å². The van der Waals surface area contributed by atoms with Gasteiger partial charge in [0.1, 0.15) is 5.75 Å². The van der Waals surface area contributed by atoms with Crippen molar-refractivity contribution in [1.82, 2.24) is 5.32 Å². The molecule has 0 radical (unpaired) electrons. The molecule has 7 heteroatoms. The lowest BCUT2D eigenvalue weighted by Gasteiger charge is -2.14. The van der Waals surface area contributed by atoms with Crippen LogP contribution in [0.1, 0.15) is 37.0 Å².